The molecule has 0 atom stereocenters. The number of carbonyl (C=O) groups is 1. The highest BCUT2D eigenvalue weighted by Gasteiger charge is 2.27. The molecule has 0 saturated heterocycles. The van der Waals surface area contributed by atoms with Crippen LogP contribution in [0.15, 0.2) is 34.9 Å². The van der Waals surface area contributed by atoms with Crippen molar-refractivity contribution in [1.82, 2.24) is 5.32 Å². The van der Waals surface area contributed by atoms with Crippen LogP contribution < -0.4 is 11.2 Å². The summed E-state index contributed by atoms with van der Waals surface area (Å²) in [4.78, 5) is 12.0. The molecule has 19 heavy (non-hydrogen) atoms. The fraction of sp³-hybridized carbons (Fsp3) is 0.333. The van der Waals surface area contributed by atoms with E-state index >= 15 is 0 Å². The van der Waals surface area contributed by atoms with Gasteiger partial charge in [0.1, 0.15) is 6.34 Å². The molecule has 2 rings (SSSR count). The summed E-state index contributed by atoms with van der Waals surface area (Å²) in [5, 5.41) is 5.85. The van der Waals surface area contributed by atoms with E-state index in [9.17, 15) is 4.79 Å². The second-order valence-corrected chi connectivity index (χ2v) is 5.39. The van der Waals surface area contributed by atoms with E-state index in [1.165, 1.54) is 11.9 Å². The Kier molecular flexibility index (Phi) is 3.69. The van der Waals surface area contributed by atoms with Gasteiger partial charge in [0.15, 0.2) is 0 Å². The molecule has 0 spiro atoms. The topological polar surface area (TPSA) is 67.5 Å². The quantitative estimate of drug-likeness (QED) is 0.369. The number of nitrogens with two attached hydrogens (primary N) is 1. The minimum atomic E-state index is -0.137. The van der Waals surface area contributed by atoms with Crippen LogP contribution >= 0.6 is 0 Å². The third kappa shape index (κ3) is 2.84. The molecule has 1 aliphatic carbocycles. The summed E-state index contributed by atoms with van der Waals surface area (Å²) < 4.78 is 0. The zero-order chi connectivity index (χ0) is 13.9. The largest absolute Gasteiger partial charge is 0.322 e. The molecule has 1 amide bonds. The number of nitrogens with one attached hydrogen (secondary N) is 1. The minimum absolute atomic E-state index is 0.0665. The third-order valence-corrected chi connectivity index (χ3v) is 3.60. The first-order chi connectivity index (χ1) is 9.04. The molecule has 0 unspecified atom stereocenters. The molecule has 1 aromatic rings. The van der Waals surface area contributed by atoms with Gasteiger partial charge in [0.2, 0.25) is 0 Å². The van der Waals surface area contributed by atoms with Crippen LogP contribution in [0.3, 0.4) is 0 Å². The molecule has 100 valence electrons. The number of amides is 1. The van der Waals surface area contributed by atoms with Crippen molar-refractivity contribution in [2.45, 2.75) is 32.1 Å². The van der Waals surface area contributed by atoms with Gasteiger partial charge in [-0.25, -0.2) is 0 Å². The standard InChI is InChI=1S/C15H19N3O/c1-15(2)8-7-12(14(19)17-10-18-16)9-11-5-3-4-6-13(11)15/h3-6,9-10H,7-8,16H2,1-2H3,(H,17,18,19). The zero-order valence-electron chi connectivity index (χ0n) is 11.3. The van der Waals surface area contributed by atoms with Gasteiger partial charge in [-0.15, -0.1) is 0 Å². The van der Waals surface area contributed by atoms with Crippen molar-refractivity contribution in [3.63, 3.8) is 0 Å². The Bertz CT molecular complexity index is 544. The number of carbonyl (C=O) groups excluding carboxylic acids is 1. The molecule has 4 nitrogen and oxygen atoms in total. The molecule has 0 heterocycles. The fourth-order valence-corrected chi connectivity index (χ4v) is 2.45. The van der Waals surface area contributed by atoms with Crippen molar-refractivity contribution < 1.29 is 4.79 Å². The highest BCUT2D eigenvalue weighted by Crippen LogP contribution is 2.36. The van der Waals surface area contributed by atoms with E-state index in [-0.39, 0.29) is 11.3 Å². The van der Waals surface area contributed by atoms with Gasteiger partial charge in [-0.05, 0) is 35.5 Å². The summed E-state index contributed by atoms with van der Waals surface area (Å²) in [6.07, 6.45) is 4.85. The maximum atomic E-state index is 12.0. The Morgan fingerprint density at radius 3 is 2.89 bits per heavy atom. The second kappa shape index (κ2) is 5.26. The Hall–Kier alpha value is -2.10. The van der Waals surface area contributed by atoms with E-state index in [0.717, 1.165) is 24.0 Å². The van der Waals surface area contributed by atoms with Crippen LogP contribution in [0, 0.1) is 0 Å². The van der Waals surface area contributed by atoms with E-state index in [1.807, 2.05) is 24.3 Å². The molecule has 0 bridgehead atoms. The number of rotatable bonds is 2. The van der Waals surface area contributed by atoms with Crippen molar-refractivity contribution in [2.75, 3.05) is 0 Å². The summed E-state index contributed by atoms with van der Waals surface area (Å²) in [5.74, 6) is 4.85. The maximum absolute atomic E-state index is 12.0. The molecule has 0 saturated carbocycles. The fourth-order valence-electron chi connectivity index (χ4n) is 2.45. The van der Waals surface area contributed by atoms with Crippen LogP contribution in [0.5, 0.6) is 0 Å². The zero-order valence-corrected chi connectivity index (χ0v) is 11.3. The highest BCUT2D eigenvalue weighted by atomic mass is 16.1. The Balaban J connectivity index is 2.37. The lowest BCUT2D eigenvalue weighted by atomic mass is 9.79. The van der Waals surface area contributed by atoms with Crippen molar-refractivity contribution in [3.8, 4) is 0 Å². The molecule has 0 aliphatic heterocycles. The monoisotopic (exact) mass is 257 g/mol. The molecule has 0 radical (unpaired) electrons. The van der Waals surface area contributed by atoms with Gasteiger partial charge in [0.05, 0.1) is 0 Å². The predicted octanol–water partition coefficient (Wildman–Crippen LogP) is 2.16. The minimum Gasteiger partial charge on any atom is -0.322 e. The lowest BCUT2D eigenvalue weighted by Gasteiger charge is -2.25. The lowest BCUT2D eigenvalue weighted by molar-refractivity contribution is -0.116. The summed E-state index contributed by atoms with van der Waals surface area (Å²) in [7, 11) is 0. The first-order valence-electron chi connectivity index (χ1n) is 6.37. The van der Waals surface area contributed by atoms with E-state index in [2.05, 4.69) is 30.3 Å². The predicted molar refractivity (Wildman–Crippen MR) is 77.5 cm³/mol. The van der Waals surface area contributed by atoms with Gasteiger partial charge in [-0.2, -0.15) is 5.10 Å². The average molecular weight is 257 g/mol. The van der Waals surface area contributed by atoms with Crippen molar-refractivity contribution in [1.29, 1.82) is 0 Å². The van der Waals surface area contributed by atoms with E-state index in [4.69, 9.17) is 5.84 Å². The molecule has 4 heteroatoms. The van der Waals surface area contributed by atoms with Crippen LogP contribution in [-0.2, 0) is 10.2 Å². The first kappa shape index (κ1) is 13.3. The van der Waals surface area contributed by atoms with Crippen LogP contribution in [0.4, 0.5) is 0 Å². The van der Waals surface area contributed by atoms with Gasteiger partial charge in [0.25, 0.3) is 5.91 Å². The number of nitrogens with zero attached hydrogens (tertiary/aromatic N) is 1. The molecular weight excluding hydrogens is 238 g/mol. The van der Waals surface area contributed by atoms with E-state index in [0.29, 0.717) is 0 Å². The second-order valence-electron chi connectivity index (χ2n) is 5.39. The SMILES string of the molecule is CC1(C)CCC(C(=O)NC=NN)=Cc2ccccc21. The van der Waals surface area contributed by atoms with E-state index in [1.54, 1.807) is 0 Å². The number of hydrogen-bond donors (Lipinski definition) is 2. The molecule has 3 N–H and O–H groups in total. The maximum Gasteiger partial charge on any atom is 0.252 e. The molecular formula is C15H19N3O. The summed E-state index contributed by atoms with van der Waals surface area (Å²) >= 11 is 0. The Labute approximate surface area is 113 Å². The number of hydrazone groups is 1. The van der Waals surface area contributed by atoms with Gasteiger partial charge in [0, 0.05) is 5.57 Å². The number of fused-ring (bicyclic) bond motifs is 1. The van der Waals surface area contributed by atoms with Crippen LogP contribution in [0.25, 0.3) is 6.08 Å². The van der Waals surface area contributed by atoms with Crippen LogP contribution in [0.2, 0.25) is 0 Å². The summed E-state index contributed by atoms with van der Waals surface area (Å²) in [6, 6.07) is 8.22. The molecule has 1 aliphatic rings. The van der Waals surface area contributed by atoms with Gasteiger partial charge in [-0.1, -0.05) is 38.1 Å². The molecule has 0 fully saturated rings. The third-order valence-electron chi connectivity index (χ3n) is 3.60. The Morgan fingerprint density at radius 1 is 1.42 bits per heavy atom. The summed E-state index contributed by atoms with van der Waals surface area (Å²) in [6.45, 7) is 4.42. The van der Waals surface area contributed by atoms with Gasteiger partial charge >= 0.3 is 0 Å². The van der Waals surface area contributed by atoms with Crippen molar-refractivity contribution >= 4 is 18.3 Å². The lowest BCUT2D eigenvalue weighted by Crippen LogP contribution is -2.24. The molecule has 0 aromatic heterocycles. The summed E-state index contributed by atoms with van der Waals surface area (Å²) in [5.41, 5.74) is 3.22. The van der Waals surface area contributed by atoms with Crippen molar-refractivity contribution in [2.24, 2.45) is 10.9 Å². The van der Waals surface area contributed by atoms with Crippen LogP contribution in [0.1, 0.15) is 37.8 Å². The average Bonchev–Trinajstić information content (AvgIpc) is 2.53. The van der Waals surface area contributed by atoms with Gasteiger partial charge < -0.3 is 11.2 Å². The van der Waals surface area contributed by atoms with E-state index < -0.39 is 0 Å². The molecule has 1 aromatic carbocycles. The highest BCUT2D eigenvalue weighted by molar-refractivity contribution is 6.03. The number of benzene rings is 1. The Morgan fingerprint density at radius 2 is 2.16 bits per heavy atom. The number of hydrogen-bond acceptors (Lipinski definition) is 3. The van der Waals surface area contributed by atoms with Crippen LogP contribution in [-0.4, -0.2) is 12.2 Å². The first-order valence-corrected chi connectivity index (χ1v) is 6.37. The normalized spacial score (nSPS) is 17.5. The smallest absolute Gasteiger partial charge is 0.252 e. The van der Waals surface area contributed by atoms with Crippen molar-refractivity contribution in [3.05, 3.63) is 41.0 Å². The van der Waals surface area contributed by atoms with Gasteiger partial charge in [-0.3, -0.25) is 4.79 Å².